The van der Waals surface area contributed by atoms with Crippen LogP contribution in [-0.2, 0) is 21.9 Å². The molecule has 8 nitrogen and oxygen atoms in total. The summed E-state index contributed by atoms with van der Waals surface area (Å²) in [6, 6.07) is 9.40. The van der Waals surface area contributed by atoms with E-state index in [1.54, 1.807) is 29.9 Å². The highest BCUT2D eigenvalue weighted by atomic mass is 32.2. The van der Waals surface area contributed by atoms with E-state index in [0.29, 0.717) is 23.1 Å². The third kappa shape index (κ3) is 4.63. The Labute approximate surface area is 170 Å². The molecular formula is C19H18F2N4O4S. The standard InChI is InChI=1S/C19H18F2N4O4S/c1-25-11-14(13-4-2-3-5-17(13)25)19(27)24-23-18(26)8-9-22-30(28,29)12-6-7-15(20)16(21)10-12/h2-7,10-11,22H,8-9H2,1H3,(H,23,26)(H,24,27). The van der Waals surface area contributed by atoms with Gasteiger partial charge in [0, 0.05) is 37.1 Å². The summed E-state index contributed by atoms with van der Waals surface area (Å²) in [5.74, 6) is -3.64. The Bertz CT molecular complexity index is 1220. The van der Waals surface area contributed by atoms with Crippen molar-refractivity contribution in [1.82, 2.24) is 20.1 Å². The van der Waals surface area contributed by atoms with E-state index in [4.69, 9.17) is 0 Å². The summed E-state index contributed by atoms with van der Waals surface area (Å²) in [6.07, 6.45) is 1.33. The van der Waals surface area contributed by atoms with Gasteiger partial charge in [0.25, 0.3) is 5.91 Å². The number of rotatable bonds is 6. The highest BCUT2D eigenvalue weighted by Gasteiger charge is 2.17. The first-order chi connectivity index (χ1) is 14.2. The number of hydrogen-bond acceptors (Lipinski definition) is 4. The molecule has 3 aromatic rings. The maximum absolute atomic E-state index is 13.2. The lowest BCUT2D eigenvalue weighted by Crippen LogP contribution is -2.42. The normalized spacial score (nSPS) is 11.4. The Hall–Kier alpha value is -3.31. The molecule has 30 heavy (non-hydrogen) atoms. The number of carbonyl (C=O) groups is 2. The summed E-state index contributed by atoms with van der Waals surface area (Å²) in [4.78, 5) is 23.8. The second-order valence-electron chi connectivity index (χ2n) is 6.40. The van der Waals surface area contributed by atoms with Gasteiger partial charge in [-0.2, -0.15) is 0 Å². The third-order valence-electron chi connectivity index (χ3n) is 4.30. The molecule has 0 saturated heterocycles. The van der Waals surface area contributed by atoms with Crippen LogP contribution in [0.1, 0.15) is 16.8 Å². The van der Waals surface area contributed by atoms with Crippen LogP contribution in [0.15, 0.2) is 53.6 Å². The first kappa shape index (κ1) is 21.4. The number of hydrogen-bond donors (Lipinski definition) is 3. The van der Waals surface area contributed by atoms with Gasteiger partial charge in [-0.25, -0.2) is 21.9 Å². The number of aryl methyl sites for hydroxylation is 1. The van der Waals surface area contributed by atoms with Crippen LogP contribution in [0.25, 0.3) is 10.9 Å². The van der Waals surface area contributed by atoms with Gasteiger partial charge in [-0.1, -0.05) is 18.2 Å². The largest absolute Gasteiger partial charge is 0.350 e. The fourth-order valence-corrected chi connectivity index (χ4v) is 3.85. The van der Waals surface area contributed by atoms with E-state index in [0.717, 1.165) is 11.6 Å². The molecule has 0 saturated carbocycles. The van der Waals surface area contributed by atoms with Gasteiger partial charge in [-0.15, -0.1) is 0 Å². The van der Waals surface area contributed by atoms with E-state index in [-0.39, 0.29) is 13.0 Å². The summed E-state index contributed by atoms with van der Waals surface area (Å²) in [5.41, 5.74) is 5.70. The number of benzene rings is 2. The van der Waals surface area contributed by atoms with Gasteiger partial charge in [0.05, 0.1) is 10.5 Å². The van der Waals surface area contributed by atoms with E-state index in [1.165, 1.54) is 0 Å². The lowest BCUT2D eigenvalue weighted by Gasteiger charge is -2.09. The monoisotopic (exact) mass is 436 g/mol. The first-order valence-corrected chi connectivity index (χ1v) is 10.3. The van der Waals surface area contributed by atoms with Gasteiger partial charge in [-0.3, -0.25) is 20.4 Å². The Morgan fingerprint density at radius 3 is 2.50 bits per heavy atom. The van der Waals surface area contributed by atoms with E-state index in [9.17, 15) is 26.8 Å². The number of hydrazine groups is 1. The zero-order valence-electron chi connectivity index (χ0n) is 15.8. The molecule has 158 valence electrons. The third-order valence-corrected chi connectivity index (χ3v) is 5.76. The van der Waals surface area contributed by atoms with E-state index >= 15 is 0 Å². The van der Waals surface area contributed by atoms with E-state index in [1.807, 2.05) is 12.1 Å². The summed E-state index contributed by atoms with van der Waals surface area (Å²) in [6.45, 7) is -0.308. The average molecular weight is 436 g/mol. The van der Waals surface area contributed by atoms with Crippen LogP contribution >= 0.6 is 0 Å². The molecular weight excluding hydrogens is 418 g/mol. The molecule has 0 fully saturated rings. The topological polar surface area (TPSA) is 109 Å². The molecule has 0 bridgehead atoms. The Balaban J connectivity index is 1.52. The molecule has 3 rings (SSSR count). The van der Waals surface area contributed by atoms with Crippen molar-refractivity contribution in [3.05, 3.63) is 65.9 Å². The Kier molecular flexibility index (Phi) is 6.13. The van der Waals surface area contributed by atoms with Crippen LogP contribution in [-0.4, -0.2) is 31.3 Å². The molecule has 1 aromatic heterocycles. The number of halogens is 2. The Morgan fingerprint density at radius 1 is 1.03 bits per heavy atom. The van der Waals surface area contributed by atoms with Crippen molar-refractivity contribution < 1.29 is 26.8 Å². The van der Waals surface area contributed by atoms with Crippen molar-refractivity contribution in [1.29, 1.82) is 0 Å². The molecule has 2 aromatic carbocycles. The zero-order chi connectivity index (χ0) is 21.9. The van der Waals surface area contributed by atoms with E-state index in [2.05, 4.69) is 15.6 Å². The van der Waals surface area contributed by atoms with Crippen molar-refractivity contribution >= 4 is 32.7 Å². The highest BCUT2D eigenvalue weighted by Crippen LogP contribution is 2.19. The van der Waals surface area contributed by atoms with Crippen LogP contribution < -0.4 is 15.6 Å². The van der Waals surface area contributed by atoms with Crippen LogP contribution in [0.4, 0.5) is 8.78 Å². The fraction of sp³-hybridized carbons (Fsp3) is 0.158. The van der Waals surface area contributed by atoms with Gasteiger partial charge in [-0.05, 0) is 24.3 Å². The SMILES string of the molecule is Cn1cc(C(=O)NNC(=O)CCNS(=O)(=O)c2ccc(F)c(F)c2)c2ccccc21. The van der Waals surface area contributed by atoms with Gasteiger partial charge >= 0.3 is 0 Å². The number of nitrogens with zero attached hydrogens (tertiary/aromatic N) is 1. The minimum absolute atomic E-state index is 0.293. The molecule has 1 heterocycles. The smallest absolute Gasteiger partial charge is 0.271 e. The quantitative estimate of drug-likeness (QED) is 0.510. The van der Waals surface area contributed by atoms with Crippen molar-refractivity contribution in [3.63, 3.8) is 0 Å². The molecule has 0 spiro atoms. The number of amides is 2. The predicted octanol–water partition coefficient (Wildman–Crippen LogP) is 1.59. The number of carbonyl (C=O) groups excluding carboxylic acids is 2. The number of para-hydroxylation sites is 1. The van der Waals surface area contributed by atoms with Crippen LogP contribution in [0.3, 0.4) is 0 Å². The summed E-state index contributed by atoms with van der Waals surface area (Å²) >= 11 is 0. The number of aromatic nitrogens is 1. The molecule has 0 unspecified atom stereocenters. The minimum Gasteiger partial charge on any atom is -0.350 e. The van der Waals surface area contributed by atoms with Gasteiger partial charge in [0.15, 0.2) is 11.6 Å². The van der Waals surface area contributed by atoms with Crippen molar-refractivity contribution in [2.75, 3.05) is 6.54 Å². The van der Waals surface area contributed by atoms with Crippen LogP contribution in [0.5, 0.6) is 0 Å². The molecule has 3 N–H and O–H groups in total. The second-order valence-corrected chi connectivity index (χ2v) is 8.16. The van der Waals surface area contributed by atoms with E-state index < -0.39 is 38.4 Å². The van der Waals surface area contributed by atoms with Crippen LogP contribution in [0.2, 0.25) is 0 Å². The summed E-state index contributed by atoms with van der Waals surface area (Å²) in [7, 11) is -2.33. The maximum Gasteiger partial charge on any atom is 0.271 e. The van der Waals surface area contributed by atoms with Gasteiger partial charge in [0.2, 0.25) is 15.9 Å². The molecule has 0 radical (unpaired) electrons. The zero-order valence-corrected chi connectivity index (χ0v) is 16.6. The second kappa shape index (κ2) is 8.59. The molecule has 0 aliphatic carbocycles. The molecule has 0 aliphatic rings. The van der Waals surface area contributed by atoms with Gasteiger partial charge in [0.1, 0.15) is 0 Å². The van der Waals surface area contributed by atoms with Crippen LogP contribution in [0, 0.1) is 11.6 Å². The predicted molar refractivity (Wildman–Crippen MR) is 105 cm³/mol. The molecule has 0 aliphatic heterocycles. The van der Waals surface area contributed by atoms with Crippen molar-refractivity contribution in [2.24, 2.45) is 7.05 Å². The lowest BCUT2D eigenvalue weighted by atomic mass is 10.2. The molecule has 0 atom stereocenters. The summed E-state index contributed by atoms with van der Waals surface area (Å²) < 4.78 is 54.1. The molecule has 2 amide bonds. The average Bonchev–Trinajstić information content (AvgIpc) is 3.05. The lowest BCUT2D eigenvalue weighted by molar-refractivity contribution is -0.121. The number of fused-ring (bicyclic) bond motifs is 1. The van der Waals surface area contributed by atoms with Crippen molar-refractivity contribution in [2.45, 2.75) is 11.3 Å². The maximum atomic E-state index is 13.2. The van der Waals surface area contributed by atoms with Gasteiger partial charge < -0.3 is 4.57 Å². The number of nitrogens with one attached hydrogen (secondary N) is 3. The molecule has 11 heteroatoms. The fourth-order valence-electron chi connectivity index (χ4n) is 2.81. The van der Waals surface area contributed by atoms with Crippen molar-refractivity contribution in [3.8, 4) is 0 Å². The first-order valence-electron chi connectivity index (χ1n) is 8.77. The minimum atomic E-state index is -4.12. The number of sulfonamides is 1. The highest BCUT2D eigenvalue weighted by molar-refractivity contribution is 7.89. The Morgan fingerprint density at radius 2 is 1.77 bits per heavy atom. The summed E-state index contributed by atoms with van der Waals surface area (Å²) in [5, 5.41) is 0.714.